The molecule has 0 radical (unpaired) electrons. The molecule has 0 bridgehead atoms. The monoisotopic (exact) mass is 323 g/mol. The highest BCUT2D eigenvalue weighted by Gasteiger charge is 2.27. The van der Waals surface area contributed by atoms with E-state index in [1.54, 1.807) is 12.3 Å². The predicted molar refractivity (Wildman–Crippen MR) is 92.0 cm³/mol. The van der Waals surface area contributed by atoms with E-state index in [9.17, 15) is 9.90 Å². The van der Waals surface area contributed by atoms with E-state index in [1.807, 2.05) is 17.8 Å². The molecule has 1 aromatic carbocycles. The summed E-state index contributed by atoms with van der Waals surface area (Å²) in [6, 6.07) is 9.35. The molecule has 116 valence electrons. The van der Waals surface area contributed by atoms with Gasteiger partial charge >= 0.3 is 5.97 Å². The fraction of sp³-hybridized carbons (Fsp3) is 0.263. The highest BCUT2D eigenvalue weighted by atomic mass is 32.2. The van der Waals surface area contributed by atoms with Crippen molar-refractivity contribution in [1.29, 1.82) is 0 Å². The number of rotatable bonds is 1. The first-order valence-corrected chi connectivity index (χ1v) is 8.43. The lowest BCUT2D eigenvalue weighted by molar-refractivity contribution is 0.0696. The van der Waals surface area contributed by atoms with E-state index in [1.165, 1.54) is 16.5 Å². The van der Waals surface area contributed by atoms with E-state index < -0.39 is 5.97 Å². The van der Waals surface area contributed by atoms with E-state index in [2.05, 4.69) is 42.8 Å². The van der Waals surface area contributed by atoms with Gasteiger partial charge in [0, 0.05) is 16.7 Å². The molecule has 2 aromatic rings. The lowest BCUT2D eigenvalue weighted by Gasteiger charge is -2.32. The molecule has 23 heavy (non-hydrogen) atoms. The molecule has 0 unspecified atom stereocenters. The van der Waals surface area contributed by atoms with Crippen LogP contribution in [0.15, 0.2) is 41.4 Å². The zero-order chi connectivity index (χ0) is 16.4. The van der Waals surface area contributed by atoms with Crippen LogP contribution in [0.4, 0.5) is 0 Å². The maximum absolute atomic E-state index is 11.2. The van der Waals surface area contributed by atoms with Gasteiger partial charge in [0.15, 0.2) is 0 Å². The van der Waals surface area contributed by atoms with Crippen molar-refractivity contribution in [2.45, 2.75) is 30.6 Å². The maximum Gasteiger partial charge on any atom is 0.338 e. The Hall–Kier alpha value is -2.25. The summed E-state index contributed by atoms with van der Waals surface area (Å²) in [5.41, 5.74) is 2.79. The molecule has 0 saturated heterocycles. The average Bonchev–Trinajstić information content (AvgIpc) is 2.53. The van der Waals surface area contributed by atoms with Crippen LogP contribution in [0.5, 0.6) is 0 Å². The molecule has 4 heteroatoms. The summed E-state index contributed by atoms with van der Waals surface area (Å²) in [5.74, 6) is 6.09. The van der Waals surface area contributed by atoms with Crippen molar-refractivity contribution in [3.63, 3.8) is 0 Å². The molecular weight excluding hydrogens is 306 g/mol. The molecule has 0 spiro atoms. The third-order valence-electron chi connectivity index (χ3n) is 4.06. The van der Waals surface area contributed by atoms with Gasteiger partial charge in [0.05, 0.1) is 5.56 Å². The Morgan fingerprint density at radius 3 is 2.91 bits per heavy atom. The van der Waals surface area contributed by atoms with Crippen molar-refractivity contribution in [3.8, 4) is 11.8 Å². The fourth-order valence-electron chi connectivity index (χ4n) is 2.62. The smallest absolute Gasteiger partial charge is 0.338 e. The number of hydrogen-bond donors (Lipinski definition) is 1. The molecule has 0 aliphatic carbocycles. The predicted octanol–water partition coefficient (Wildman–Crippen LogP) is 3.95. The van der Waals surface area contributed by atoms with E-state index >= 15 is 0 Å². The molecule has 1 aliphatic rings. The summed E-state index contributed by atoms with van der Waals surface area (Å²) in [6.45, 7) is 4.51. The molecule has 3 rings (SSSR count). The number of nitrogens with zero attached hydrogens (tertiary/aromatic N) is 1. The van der Waals surface area contributed by atoms with Gasteiger partial charge in [-0.15, -0.1) is 11.8 Å². The number of pyridine rings is 1. The number of benzene rings is 1. The van der Waals surface area contributed by atoms with Crippen LogP contribution in [0.25, 0.3) is 0 Å². The van der Waals surface area contributed by atoms with Gasteiger partial charge in [-0.3, -0.25) is 0 Å². The number of hydrogen-bond acceptors (Lipinski definition) is 3. The molecule has 0 amide bonds. The van der Waals surface area contributed by atoms with Crippen molar-refractivity contribution >= 4 is 17.7 Å². The van der Waals surface area contributed by atoms with Crippen LogP contribution in [0.1, 0.15) is 47.4 Å². The molecule has 1 aliphatic heterocycles. The molecule has 1 N–H and O–H groups in total. The molecule has 2 heterocycles. The number of thioether (sulfide) groups is 1. The van der Waals surface area contributed by atoms with Gasteiger partial charge in [-0.05, 0) is 59.4 Å². The van der Waals surface area contributed by atoms with Gasteiger partial charge in [-0.2, -0.15) is 0 Å². The fourth-order valence-corrected chi connectivity index (χ4v) is 4.11. The maximum atomic E-state index is 11.2. The summed E-state index contributed by atoms with van der Waals surface area (Å²) in [6.07, 6.45) is 2.70. The van der Waals surface area contributed by atoms with Crippen molar-refractivity contribution in [1.82, 2.24) is 4.98 Å². The average molecular weight is 323 g/mol. The van der Waals surface area contributed by atoms with Crippen molar-refractivity contribution in [2.24, 2.45) is 0 Å². The van der Waals surface area contributed by atoms with Crippen molar-refractivity contribution in [3.05, 3.63) is 58.9 Å². The minimum Gasteiger partial charge on any atom is -0.478 e. The Morgan fingerprint density at radius 2 is 2.13 bits per heavy atom. The molecule has 0 atom stereocenters. The Morgan fingerprint density at radius 1 is 1.30 bits per heavy atom. The first-order valence-electron chi connectivity index (χ1n) is 7.45. The number of aromatic carboxylic acids is 1. The number of carbonyl (C=O) groups is 1. The van der Waals surface area contributed by atoms with E-state index in [0.717, 1.165) is 17.7 Å². The number of fused-ring (bicyclic) bond motifs is 1. The van der Waals surface area contributed by atoms with E-state index in [0.29, 0.717) is 5.69 Å². The zero-order valence-electron chi connectivity index (χ0n) is 13.1. The largest absolute Gasteiger partial charge is 0.478 e. The SMILES string of the molecule is CC1(C)CCSc2ccc(C#Cc3ncccc3C(=O)O)cc21. The molecule has 0 fully saturated rings. The summed E-state index contributed by atoms with van der Waals surface area (Å²) < 4.78 is 0. The van der Waals surface area contributed by atoms with Crippen LogP contribution in [-0.4, -0.2) is 21.8 Å². The van der Waals surface area contributed by atoms with Crippen LogP contribution in [0.3, 0.4) is 0 Å². The third kappa shape index (κ3) is 3.25. The molecule has 1 aromatic heterocycles. The summed E-state index contributed by atoms with van der Waals surface area (Å²) in [7, 11) is 0. The lowest BCUT2D eigenvalue weighted by Crippen LogP contribution is -2.22. The summed E-state index contributed by atoms with van der Waals surface area (Å²) in [4.78, 5) is 16.6. The topological polar surface area (TPSA) is 50.2 Å². The number of carboxylic acids is 1. The zero-order valence-corrected chi connectivity index (χ0v) is 13.9. The van der Waals surface area contributed by atoms with E-state index in [4.69, 9.17) is 0 Å². The molecule has 0 saturated carbocycles. The van der Waals surface area contributed by atoms with Gasteiger partial charge in [-0.1, -0.05) is 19.8 Å². The Labute approximate surface area is 140 Å². The van der Waals surface area contributed by atoms with Crippen molar-refractivity contribution < 1.29 is 9.90 Å². The normalized spacial score (nSPS) is 15.2. The first kappa shape index (κ1) is 15.6. The van der Waals surface area contributed by atoms with Crippen LogP contribution in [0, 0.1) is 11.8 Å². The number of carboxylic acid groups (broad SMARTS) is 1. The van der Waals surface area contributed by atoms with Crippen LogP contribution < -0.4 is 0 Å². The molecular formula is C19H17NO2S. The Kier molecular flexibility index (Phi) is 4.14. The molecule has 3 nitrogen and oxygen atoms in total. The Bertz CT molecular complexity index is 831. The minimum atomic E-state index is -1.01. The van der Waals surface area contributed by atoms with Crippen LogP contribution in [-0.2, 0) is 5.41 Å². The third-order valence-corrected chi connectivity index (χ3v) is 5.13. The lowest BCUT2D eigenvalue weighted by atomic mass is 9.81. The minimum absolute atomic E-state index is 0.133. The highest BCUT2D eigenvalue weighted by Crippen LogP contribution is 2.41. The highest BCUT2D eigenvalue weighted by molar-refractivity contribution is 7.99. The quantitative estimate of drug-likeness (QED) is 0.807. The number of aromatic nitrogens is 1. The van der Waals surface area contributed by atoms with Gasteiger partial charge < -0.3 is 5.11 Å². The van der Waals surface area contributed by atoms with Gasteiger partial charge in [-0.25, -0.2) is 9.78 Å². The second-order valence-corrected chi connectivity index (χ2v) is 7.28. The standard InChI is InChI=1S/C19H17NO2S/c1-19(2)9-11-23-17-8-6-13(12-15(17)19)5-7-16-14(18(21)22)4-3-10-20-16/h3-4,6,8,10,12H,9,11H2,1-2H3,(H,21,22). The Balaban J connectivity index is 1.99. The second kappa shape index (κ2) is 6.10. The summed E-state index contributed by atoms with van der Waals surface area (Å²) >= 11 is 1.88. The van der Waals surface area contributed by atoms with Gasteiger partial charge in [0.25, 0.3) is 0 Å². The van der Waals surface area contributed by atoms with Crippen LogP contribution >= 0.6 is 11.8 Å². The summed E-state index contributed by atoms with van der Waals surface area (Å²) in [5, 5.41) is 9.18. The van der Waals surface area contributed by atoms with Gasteiger partial charge in [0.2, 0.25) is 0 Å². The first-order chi connectivity index (χ1) is 11.0. The van der Waals surface area contributed by atoms with E-state index in [-0.39, 0.29) is 11.0 Å². The second-order valence-electron chi connectivity index (χ2n) is 6.15. The van der Waals surface area contributed by atoms with Gasteiger partial charge in [0.1, 0.15) is 5.69 Å². The van der Waals surface area contributed by atoms with Crippen molar-refractivity contribution in [2.75, 3.05) is 5.75 Å². The van der Waals surface area contributed by atoms with Crippen LogP contribution in [0.2, 0.25) is 0 Å².